The average Bonchev–Trinajstić information content (AvgIpc) is 2.28. The predicted octanol–water partition coefficient (Wildman–Crippen LogP) is 1.93. The predicted molar refractivity (Wildman–Crippen MR) is 57.8 cm³/mol. The van der Waals surface area contributed by atoms with Gasteiger partial charge in [-0.05, 0) is 37.4 Å². The minimum Gasteiger partial charge on any atom is -0.427 e. The first-order chi connectivity index (χ1) is 8.70. The number of benzene rings is 1. The van der Waals surface area contributed by atoms with Gasteiger partial charge in [-0.1, -0.05) is 12.1 Å². The first-order valence-electron chi connectivity index (χ1n) is 6.65. The Kier molecular flexibility index (Phi) is 2.58. The zero-order valence-electron chi connectivity index (χ0n) is 12.4. The number of hydrogen-bond acceptors (Lipinski definition) is 3. The molecule has 0 fully saturated rings. The minimum atomic E-state index is -2.55. The highest BCUT2D eigenvalue weighted by Gasteiger charge is 2.00. The van der Waals surface area contributed by atoms with Crippen LogP contribution in [0, 0.1) is 0 Å². The normalized spacial score (nSPS) is 19.1. The van der Waals surface area contributed by atoms with Crippen LogP contribution in [0.1, 0.15) is 31.2 Å². The highest BCUT2D eigenvalue weighted by molar-refractivity contribution is 5.69. The molecule has 2 atom stereocenters. The van der Waals surface area contributed by atoms with Crippen LogP contribution in [-0.2, 0) is 11.2 Å². The minimum absolute atomic E-state index is 0.111. The maximum atomic E-state index is 10.7. The fourth-order valence-corrected chi connectivity index (χ4v) is 1.11. The van der Waals surface area contributed by atoms with E-state index in [0.29, 0.717) is 11.3 Å². The number of aliphatic hydroxyl groups excluding tert-OH is 1. The summed E-state index contributed by atoms with van der Waals surface area (Å²) in [5.41, 5.74) is 0.694. The number of carbonyl (C=O) groups is 1. The van der Waals surface area contributed by atoms with Gasteiger partial charge in [-0.2, -0.15) is 0 Å². The van der Waals surface area contributed by atoms with Crippen molar-refractivity contribution in [3.63, 3.8) is 0 Å². The van der Waals surface area contributed by atoms with Gasteiger partial charge in [0.05, 0.1) is 6.10 Å². The van der Waals surface area contributed by atoms with Gasteiger partial charge in [0.25, 0.3) is 0 Å². The maximum Gasteiger partial charge on any atom is 0.308 e. The number of carbonyl (C=O) groups excluding carboxylic acids is 1. The maximum absolute atomic E-state index is 10.7. The fraction of sp³-hybridized carbons (Fsp3) is 0.417. The van der Waals surface area contributed by atoms with Crippen molar-refractivity contribution in [3.05, 3.63) is 29.8 Å². The molecule has 0 aliphatic rings. The molecule has 0 saturated heterocycles. The monoisotopic (exact) mass is 212 g/mol. The van der Waals surface area contributed by atoms with Crippen LogP contribution in [0.15, 0.2) is 24.3 Å². The third-order valence-electron chi connectivity index (χ3n) is 1.76. The molecule has 0 spiro atoms. The number of hydrogen-bond donors (Lipinski definition) is 1. The highest BCUT2D eigenvalue weighted by Crippen LogP contribution is 2.14. The summed E-state index contributed by atoms with van der Waals surface area (Å²) in [6.07, 6.45) is -2.70. The van der Waals surface area contributed by atoms with Crippen molar-refractivity contribution < 1.29 is 20.1 Å². The number of rotatable bonds is 4. The lowest BCUT2D eigenvalue weighted by molar-refractivity contribution is -0.131. The van der Waals surface area contributed by atoms with Gasteiger partial charge in [-0.3, -0.25) is 4.79 Å². The van der Waals surface area contributed by atoms with E-state index in [1.807, 2.05) is 0 Å². The van der Waals surface area contributed by atoms with Crippen LogP contribution < -0.4 is 4.74 Å². The van der Waals surface area contributed by atoms with Gasteiger partial charge in [-0.25, -0.2) is 0 Å². The Morgan fingerprint density at radius 3 is 2.80 bits per heavy atom. The summed E-state index contributed by atoms with van der Waals surface area (Å²) in [5, 5.41) is 9.47. The Labute approximate surface area is 95.3 Å². The lowest BCUT2D eigenvalue weighted by Crippen LogP contribution is -2.02. The van der Waals surface area contributed by atoms with Crippen molar-refractivity contribution in [3.8, 4) is 5.75 Å². The summed E-state index contributed by atoms with van der Waals surface area (Å²) in [4.78, 5) is 10.7. The van der Waals surface area contributed by atoms with E-state index in [1.165, 1.54) is 6.92 Å². The summed E-state index contributed by atoms with van der Waals surface area (Å²) in [6, 6.07) is 6.38. The van der Waals surface area contributed by atoms with Crippen molar-refractivity contribution in [2.75, 3.05) is 0 Å². The molecule has 0 aliphatic heterocycles. The zero-order valence-corrected chi connectivity index (χ0v) is 8.43. The summed E-state index contributed by atoms with van der Waals surface area (Å²) in [6.45, 7) is -1.26. The molecule has 1 N–H and O–H groups in total. The molecule has 0 unspecified atom stereocenters. The first-order valence-corrected chi connectivity index (χ1v) is 4.58. The number of esters is 1. The van der Waals surface area contributed by atoms with E-state index < -0.39 is 25.3 Å². The molecule has 15 heavy (non-hydrogen) atoms. The van der Waals surface area contributed by atoms with E-state index in [-0.39, 0.29) is 6.42 Å². The second-order valence-corrected chi connectivity index (χ2v) is 3.12. The molecule has 0 aliphatic carbocycles. The molecule has 0 radical (unpaired) electrons. The second kappa shape index (κ2) is 5.51. The van der Waals surface area contributed by atoms with Crippen LogP contribution >= 0.6 is 0 Å². The highest BCUT2D eigenvalue weighted by atomic mass is 16.5. The van der Waals surface area contributed by atoms with Crippen LogP contribution in [0.5, 0.6) is 5.75 Å². The third-order valence-corrected chi connectivity index (χ3v) is 1.76. The quantitative estimate of drug-likeness (QED) is 0.612. The molecule has 1 aromatic carbocycles. The molecule has 82 valence electrons. The standard InChI is InChI=1S/C12H16O3/c1-9(13)3-4-11-5-7-12(8-6-11)15-10(2)14/h5-9,13H,3-4H2,1-2H3/t9-/m0/s1/i1D3,3D/t3-,9-. The number of aliphatic hydroxyl groups is 1. The van der Waals surface area contributed by atoms with Crippen LogP contribution in [-0.4, -0.2) is 17.2 Å². The van der Waals surface area contributed by atoms with Gasteiger partial charge in [0.1, 0.15) is 5.75 Å². The Morgan fingerprint density at radius 1 is 1.60 bits per heavy atom. The second-order valence-electron chi connectivity index (χ2n) is 3.12. The Hall–Kier alpha value is -1.35. The molecule has 0 bridgehead atoms. The number of aryl methyl sites for hydroxylation is 1. The Morgan fingerprint density at radius 2 is 2.27 bits per heavy atom. The molecular formula is C12H16O3. The smallest absolute Gasteiger partial charge is 0.308 e. The van der Waals surface area contributed by atoms with Gasteiger partial charge in [-0.15, -0.1) is 0 Å². The summed E-state index contributed by atoms with van der Waals surface area (Å²) < 4.78 is 33.6. The average molecular weight is 212 g/mol. The van der Waals surface area contributed by atoms with Crippen LogP contribution in [0.3, 0.4) is 0 Å². The molecular weight excluding hydrogens is 192 g/mol. The van der Waals surface area contributed by atoms with E-state index >= 15 is 0 Å². The van der Waals surface area contributed by atoms with Gasteiger partial charge < -0.3 is 9.84 Å². The van der Waals surface area contributed by atoms with E-state index in [1.54, 1.807) is 24.3 Å². The molecule has 0 amide bonds. The fourth-order valence-electron chi connectivity index (χ4n) is 1.11. The molecule has 3 heteroatoms. The number of ether oxygens (including phenoxy) is 1. The first kappa shape index (κ1) is 7.01. The van der Waals surface area contributed by atoms with E-state index in [0.717, 1.165) is 0 Å². The largest absolute Gasteiger partial charge is 0.427 e. The molecule has 3 nitrogen and oxygen atoms in total. The molecule has 0 heterocycles. The van der Waals surface area contributed by atoms with E-state index in [2.05, 4.69) is 0 Å². The molecule has 1 aromatic rings. The third kappa shape index (κ3) is 4.61. The van der Waals surface area contributed by atoms with Crippen molar-refractivity contribution in [2.45, 2.75) is 32.7 Å². The summed E-state index contributed by atoms with van der Waals surface area (Å²) in [5.74, 6) is -0.0434. The molecule has 0 saturated carbocycles. The van der Waals surface area contributed by atoms with E-state index in [9.17, 15) is 9.90 Å². The molecule has 0 aromatic heterocycles. The zero-order chi connectivity index (χ0) is 14.6. The van der Waals surface area contributed by atoms with Gasteiger partial charge in [0.15, 0.2) is 0 Å². The van der Waals surface area contributed by atoms with Gasteiger partial charge in [0, 0.05) is 12.4 Å². The lowest BCUT2D eigenvalue weighted by atomic mass is 10.1. The SMILES string of the molecule is [2H][C@@H](Cc1ccc(OC(C)=O)cc1)[C@@H](O)C([2H])([2H])[2H]. The van der Waals surface area contributed by atoms with Crippen molar-refractivity contribution in [1.29, 1.82) is 0 Å². The van der Waals surface area contributed by atoms with Crippen molar-refractivity contribution in [1.82, 2.24) is 0 Å². The summed E-state index contributed by atoms with van der Waals surface area (Å²) in [7, 11) is 0. The topological polar surface area (TPSA) is 46.5 Å². The van der Waals surface area contributed by atoms with Crippen LogP contribution in [0.2, 0.25) is 0 Å². The Bertz CT molecular complexity index is 428. The Balaban J connectivity index is 2.65. The van der Waals surface area contributed by atoms with Gasteiger partial charge >= 0.3 is 5.97 Å². The van der Waals surface area contributed by atoms with Crippen LogP contribution in [0.4, 0.5) is 0 Å². The van der Waals surface area contributed by atoms with E-state index in [4.69, 9.17) is 10.2 Å². The van der Waals surface area contributed by atoms with Gasteiger partial charge in [0.2, 0.25) is 0 Å². The molecule has 1 rings (SSSR count). The summed E-state index contributed by atoms with van der Waals surface area (Å²) >= 11 is 0. The van der Waals surface area contributed by atoms with Crippen molar-refractivity contribution >= 4 is 5.97 Å². The van der Waals surface area contributed by atoms with Crippen molar-refractivity contribution in [2.24, 2.45) is 0 Å². The lowest BCUT2D eigenvalue weighted by Gasteiger charge is -2.05. The van der Waals surface area contributed by atoms with Crippen LogP contribution in [0.25, 0.3) is 0 Å².